The van der Waals surface area contributed by atoms with E-state index >= 15 is 0 Å². The lowest BCUT2D eigenvalue weighted by atomic mass is 10.1. The molecule has 7 heteroatoms. The molecule has 0 fully saturated rings. The fraction of sp³-hybridized carbons (Fsp3) is 0.0909. The van der Waals surface area contributed by atoms with Crippen LogP contribution in [0, 0.1) is 17.5 Å². The summed E-state index contributed by atoms with van der Waals surface area (Å²) in [6.45, 7) is 0. The van der Waals surface area contributed by atoms with Gasteiger partial charge < -0.3 is 0 Å². The third-order valence-corrected chi connectivity index (χ3v) is 2.51. The molecule has 1 aromatic heterocycles. The lowest BCUT2D eigenvalue weighted by Crippen LogP contribution is -1.98. The monoisotopic (exact) mass is 292 g/mol. The molecule has 1 heterocycles. The molecule has 2 aromatic rings. The second-order valence-corrected chi connectivity index (χ2v) is 4.23. The minimum atomic E-state index is -1.50. The Morgan fingerprint density at radius 3 is 2.11 bits per heavy atom. The van der Waals surface area contributed by atoms with Crippen LogP contribution in [0.1, 0.15) is 11.3 Å². The van der Waals surface area contributed by atoms with Gasteiger partial charge in [-0.25, -0.2) is 23.1 Å². The van der Waals surface area contributed by atoms with E-state index in [1.807, 2.05) is 0 Å². The summed E-state index contributed by atoms with van der Waals surface area (Å²) in [5.41, 5.74) is 0.600. The Labute approximate surface area is 110 Å². The van der Waals surface area contributed by atoms with Crippen LogP contribution >= 0.6 is 23.2 Å². The molecule has 2 rings (SSSR count). The molecule has 2 nitrogen and oxygen atoms in total. The van der Waals surface area contributed by atoms with E-state index in [2.05, 4.69) is 9.97 Å². The van der Waals surface area contributed by atoms with Gasteiger partial charge in [-0.1, -0.05) is 11.6 Å². The average molecular weight is 293 g/mol. The van der Waals surface area contributed by atoms with Crippen molar-refractivity contribution in [2.75, 3.05) is 0 Å². The maximum Gasteiger partial charge on any atom is 0.224 e. The van der Waals surface area contributed by atoms with Crippen LogP contribution in [0.5, 0.6) is 0 Å². The molecule has 0 radical (unpaired) electrons. The van der Waals surface area contributed by atoms with Crippen molar-refractivity contribution in [1.29, 1.82) is 0 Å². The molecular formula is C11H5Cl2F3N2. The smallest absolute Gasteiger partial charge is 0.223 e. The highest BCUT2D eigenvalue weighted by Crippen LogP contribution is 2.18. The van der Waals surface area contributed by atoms with E-state index in [0.29, 0.717) is 5.69 Å². The zero-order valence-corrected chi connectivity index (χ0v) is 10.2. The van der Waals surface area contributed by atoms with Gasteiger partial charge in [0.05, 0.1) is 5.69 Å². The quantitative estimate of drug-likeness (QED) is 0.478. The van der Waals surface area contributed by atoms with Crippen molar-refractivity contribution in [2.45, 2.75) is 6.42 Å². The van der Waals surface area contributed by atoms with E-state index in [0.717, 1.165) is 12.1 Å². The Hall–Kier alpha value is -1.33. The van der Waals surface area contributed by atoms with Gasteiger partial charge in [0.1, 0.15) is 5.15 Å². The highest BCUT2D eigenvalue weighted by atomic mass is 35.5. The number of halogens is 5. The molecule has 0 spiro atoms. The van der Waals surface area contributed by atoms with Gasteiger partial charge in [-0.05, 0) is 35.4 Å². The second kappa shape index (κ2) is 5.12. The van der Waals surface area contributed by atoms with Crippen molar-refractivity contribution in [2.24, 2.45) is 0 Å². The lowest BCUT2D eigenvalue weighted by molar-refractivity contribution is 0.445. The first-order valence-electron chi connectivity index (χ1n) is 4.78. The molecule has 0 N–H and O–H groups in total. The molecular weight excluding hydrogens is 288 g/mol. The standard InChI is InChI=1S/C11H5Cl2F3N2/c12-9-4-6(17-11(13)18-9)1-5-2-7(14)10(16)8(15)3-5/h2-4H,1H2. The van der Waals surface area contributed by atoms with Crippen LogP contribution in [-0.4, -0.2) is 9.97 Å². The van der Waals surface area contributed by atoms with Gasteiger partial charge >= 0.3 is 0 Å². The summed E-state index contributed by atoms with van der Waals surface area (Å²) in [6.07, 6.45) is 0.0656. The molecule has 94 valence electrons. The first-order chi connectivity index (χ1) is 8.45. The summed E-state index contributed by atoms with van der Waals surface area (Å²) >= 11 is 11.2. The summed E-state index contributed by atoms with van der Waals surface area (Å²) in [4.78, 5) is 7.48. The normalized spacial score (nSPS) is 10.7. The number of nitrogens with zero attached hydrogens (tertiary/aromatic N) is 2. The minimum absolute atomic E-state index is 0.0656. The molecule has 0 atom stereocenters. The van der Waals surface area contributed by atoms with Crippen LogP contribution in [0.2, 0.25) is 10.4 Å². The van der Waals surface area contributed by atoms with Crippen LogP contribution in [0.4, 0.5) is 13.2 Å². The van der Waals surface area contributed by atoms with Crippen LogP contribution in [0.25, 0.3) is 0 Å². The molecule has 0 saturated carbocycles. The molecule has 0 amide bonds. The fourth-order valence-electron chi connectivity index (χ4n) is 1.44. The van der Waals surface area contributed by atoms with E-state index in [1.54, 1.807) is 0 Å². The van der Waals surface area contributed by atoms with E-state index in [1.165, 1.54) is 6.07 Å². The average Bonchev–Trinajstić information content (AvgIpc) is 2.24. The van der Waals surface area contributed by atoms with Gasteiger partial charge in [-0.15, -0.1) is 0 Å². The third-order valence-electron chi connectivity index (χ3n) is 2.15. The summed E-state index contributed by atoms with van der Waals surface area (Å²) < 4.78 is 38.8. The van der Waals surface area contributed by atoms with Gasteiger partial charge in [-0.2, -0.15) is 0 Å². The van der Waals surface area contributed by atoms with E-state index in [9.17, 15) is 13.2 Å². The predicted octanol–water partition coefficient (Wildman–Crippen LogP) is 3.79. The highest BCUT2D eigenvalue weighted by Gasteiger charge is 2.11. The first-order valence-corrected chi connectivity index (χ1v) is 5.53. The van der Waals surface area contributed by atoms with Gasteiger partial charge in [-0.3, -0.25) is 0 Å². The Kier molecular flexibility index (Phi) is 3.73. The lowest BCUT2D eigenvalue weighted by Gasteiger charge is -2.04. The van der Waals surface area contributed by atoms with Crippen LogP contribution in [0.3, 0.4) is 0 Å². The molecule has 0 bridgehead atoms. The summed E-state index contributed by atoms with van der Waals surface area (Å²) in [6, 6.07) is 3.19. The van der Waals surface area contributed by atoms with Crippen molar-refractivity contribution in [3.8, 4) is 0 Å². The first kappa shape index (κ1) is 13.1. The van der Waals surface area contributed by atoms with Crippen LogP contribution in [-0.2, 0) is 6.42 Å². The van der Waals surface area contributed by atoms with Crippen LogP contribution in [0.15, 0.2) is 18.2 Å². The van der Waals surface area contributed by atoms with Gasteiger partial charge in [0.15, 0.2) is 17.5 Å². The third kappa shape index (κ3) is 2.91. The zero-order chi connectivity index (χ0) is 13.3. The van der Waals surface area contributed by atoms with Gasteiger partial charge in [0, 0.05) is 6.42 Å². The van der Waals surface area contributed by atoms with E-state index in [-0.39, 0.29) is 22.4 Å². The fourth-order valence-corrected chi connectivity index (χ4v) is 1.89. The van der Waals surface area contributed by atoms with Crippen molar-refractivity contribution in [1.82, 2.24) is 9.97 Å². The summed E-state index contributed by atoms with van der Waals surface area (Å²) in [5.74, 6) is -4.01. The second-order valence-electron chi connectivity index (χ2n) is 3.50. The SMILES string of the molecule is Fc1cc(Cc2cc(Cl)nc(Cl)n2)cc(F)c1F. The number of hydrogen-bond acceptors (Lipinski definition) is 2. The topological polar surface area (TPSA) is 25.8 Å². The van der Waals surface area contributed by atoms with Crippen molar-refractivity contribution in [3.05, 3.63) is 57.3 Å². The zero-order valence-electron chi connectivity index (χ0n) is 8.72. The summed E-state index contributed by atoms with van der Waals surface area (Å²) in [5, 5.41) is 0.0496. The molecule has 1 aromatic carbocycles. The van der Waals surface area contributed by atoms with Crippen LogP contribution < -0.4 is 0 Å². The maximum absolute atomic E-state index is 13.0. The van der Waals surface area contributed by atoms with Gasteiger partial charge in [0.25, 0.3) is 0 Å². The van der Waals surface area contributed by atoms with E-state index in [4.69, 9.17) is 23.2 Å². The predicted molar refractivity (Wildman–Crippen MR) is 61.2 cm³/mol. The van der Waals surface area contributed by atoms with Gasteiger partial charge in [0.2, 0.25) is 5.28 Å². The molecule has 0 aliphatic carbocycles. The minimum Gasteiger partial charge on any atom is -0.223 e. The molecule has 18 heavy (non-hydrogen) atoms. The molecule has 0 aliphatic rings. The highest BCUT2D eigenvalue weighted by molar-refractivity contribution is 6.31. The molecule has 0 unspecified atom stereocenters. The summed E-state index contributed by atoms with van der Waals surface area (Å²) in [7, 11) is 0. The Bertz CT molecular complexity index is 562. The Morgan fingerprint density at radius 2 is 1.56 bits per heavy atom. The number of benzene rings is 1. The number of rotatable bonds is 2. The van der Waals surface area contributed by atoms with E-state index < -0.39 is 17.5 Å². The van der Waals surface area contributed by atoms with Crippen molar-refractivity contribution < 1.29 is 13.2 Å². The maximum atomic E-state index is 13.0. The largest absolute Gasteiger partial charge is 0.224 e. The van der Waals surface area contributed by atoms with Crippen molar-refractivity contribution >= 4 is 23.2 Å². The Morgan fingerprint density at radius 1 is 0.944 bits per heavy atom. The number of hydrogen-bond donors (Lipinski definition) is 0. The molecule has 0 saturated heterocycles. The number of aromatic nitrogens is 2. The Balaban J connectivity index is 2.34. The van der Waals surface area contributed by atoms with Crippen molar-refractivity contribution in [3.63, 3.8) is 0 Å². The molecule has 0 aliphatic heterocycles.